The van der Waals surface area contributed by atoms with Gasteiger partial charge in [-0.3, -0.25) is 4.90 Å². The zero-order chi connectivity index (χ0) is 15.0. The van der Waals surface area contributed by atoms with Gasteiger partial charge < -0.3 is 10.0 Å². The molecule has 0 radical (unpaired) electrons. The molecule has 1 N–H and O–H groups in total. The van der Waals surface area contributed by atoms with Gasteiger partial charge in [0.2, 0.25) is 0 Å². The Kier molecular flexibility index (Phi) is 4.34. The van der Waals surface area contributed by atoms with Crippen molar-refractivity contribution in [3.63, 3.8) is 0 Å². The molecule has 3 heteroatoms. The normalized spacial score (nSPS) is 31.4. The number of hydrogen-bond donors (Lipinski definition) is 1. The molecular weight excluding hydrogens is 260 g/mol. The number of piperidine rings is 1. The molecule has 0 aromatic heterocycles. The number of aliphatic hydroxyl groups is 1. The number of aliphatic hydroxyl groups excluding tert-OH is 1. The molecule has 116 valence electrons. The summed E-state index contributed by atoms with van der Waals surface area (Å²) in [4.78, 5) is 4.86. The first-order chi connectivity index (χ1) is 10.1. The Morgan fingerprint density at radius 2 is 1.71 bits per heavy atom. The van der Waals surface area contributed by atoms with E-state index < -0.39 is 0 Å². The highest BCUT2D eigenvalue weighted by atomic mass is 16.3. The molecule has 1 heterocycles. The molecular formula is C18H28N2O. The highest BCUT2D eigenvalue weighted by molar-refractivity contribution is 5.35. The Hall–Kier alpha value is -0.900. The molecule has 1 saturated heterocycles. The Morgan fingerprint density at radius 1 is 1.10 bits per heavy atom. The van der Waals surface area contributed by atoms with Crippen molar-refractivity contribution in [3.05, 3.63) is 35.4 Å². The van der Waals surface area contributed by atoms with Crippen molar-refractivity contribution < 1.29 is 5.11 Å². The first-order valence-electron chi connectivity index (χ1n) is 8.25. The van der Waals surface area contributed by atoms with Crippen LogP contribution in [0.25, 0.3) is 0 Å². The predicted molar refractivity (Wildman–Crippen MR) is 86.5 cm³/mol. The van der Waals surface area contributed by atoms with Crippen molar-refractivity contribution >= 4 is 0 Å². The molecule has 0 bridgehead atoms. The summed E-state index contributed by atoms with van der Waals surface area (Å²) in [5.41, 5.74) is 2.49. The largest absolute Gasteiger partial charge is 0.387 e. The molecule has 3 atom stereocenters. The van der Waals surface area contributed by atoms with Gasteiger partial charge in [-0.2, -0.15) is 0 Å². The smallest absolute Gasteiger partial charge is 0.0948 e. The fourth-order valence-electron chi connectivity index (χ4n) is 4.14. The highest BCUT2D eigenvalue weighted by Gasteiger charge is 2.36. The Labute approximate surface area is 128 Å². The van der Waals surface area contributed by atoms with Gasteiger partial charge in [0.25, 0.3) is 0 Å². The summed E-state index contributed by atoms with van der Waals surface area (Å²) in [6.45, 7) is 4.52. The van der Waals surface area contributed by atoms with Crippen LogP contribution in [0.15, 0.2) is 24.3 Å². The molecule has 21 heavy (non-hydrogen) atoms. The molecule has 1 aliphatic heterocycles. The minimum Gasteiger partial charge on any atom is -0.387 e. The molecule has 1 fully saturated rings. The van der Waals surface area contributed by atoms with E-state index in [0.29, 0.717) is 12.0 Å². The van der Waals surface area contributed by atoms with Gasteiger partial charge in [0.15, 0.2) is 0 Å². The van der Waals surface area contributed by atoms with Crippen LogP contribution >= 0.6 is 0 Å². The third-order valence-electron chi connectivity index (χ3n) is 5.50. The van der Waals surface area contributed by atoms with Crippen molar-refractivity contribution in [1.82, 2.24) is 9.80 Å². The number of rotatable bonds is 2. The van der Waals surface area contributed by atoms with Crippen LogP contribution in [-0.4, -0.2) is 54.2 Å². The maximum Gasteiger partial charge on any atom is 0.0948 e. The van der Waals surface area contributed by atoms with Gasteiger partial charge in [-0.15, -0.1) is 0 Å². The summed E-state index contributed by atoms with van der Waals surface area (Å²) >= 11 is 0. The molecule has 0 saturated carbocycles. The van der Waals surface area contributed by atoms with E-state index in [4.69, 9.17) is 0 Å². The second kappa shape index (κ2) is 6.07. The van der Waals surface area contributed by atoms with Crippen LogP contribution in [0.4, 0.5) is 0 Å². The summed E-state index contributed by atoms with van der Waals surface area (Å²) in [5, 5.41) is 10.8. The summed E-state index contributed by atoms with van der Waals surface area (Å²) in [6.07, 6.45) is 3.18. The monoisotopic (exact) mass is 288 g/mol. The van der Waals surface area contributed by atoms with Crippen LogP contribution in [0.3, 0.4) is 0 Å². The summed E-state index contributed by atoms with van der Waals surface area (Å²) in [5.74, 6) is 0.543. The summed E-state index contributed by atoms with van der Waals surface area (Å²) in [7, 11) is 4.35. The van der Waals surface area contributed by atoms with Crippen LogP contribution in [0.2, 0.25) is 0 Å². The second-order valence-corrected chi connectivity index (χ2v) is 7.01. The number of nitrogens with zero attached hydrogens (tertiary/aromatic N) is 2. The summed E-state index contributed by atoms with van der Waals surface area (Å²) < 4.78 is 0. The van der Waals surface area contributed by atoms with Crippen molar-refractivity contribution in [3.8, 4) is 0 Å². The lowest BCUT2D eigenvalue weighted by atomic mass is 9.78. The van der Waals surface area contributed by atoms with Gasteiger partial charge in [0, 0.05) is 25.2 Å². The lowest BCUT2D eigenvalue weighted by Crippen LogP contribution is -2.49. The van der Waals surface area contributed by atoms with E-state index in [-0.39, 0.29) is 12.1 Å². The number of likely N-dealkylation sites (tertiary alicyclic amines) is 1. The van der Waals surface area contributed by atoms with Gasteiger partial charge in [-0.1, -0.05) is 31.2 Å². The molecule has 3 nitrogen and oxygen atoms in total. The minimum absolute atomic E-state index is 0.290. The van der Waals surface area contributed by atoms with Crippen LogP contribution in [0.5, 0.6) is 0 Å². The van der Waals surface area contributed by atoms with E-state index in [9.17, 15) is 5.11 Å². The van der Waals surface area contributed by atoms with Crippen LogP contribution in [-0.2, 0) is 0 Å². The topological polar surface area (TPSA) is 26.7 Å². The maximum absolute atomic E-state index is 10.8. The predicted octanol–water partition coefficient (Wildman–Crippen LogP) is 2.62. The Balaban J connectivity index is 1.73. The number of benzene rings is 1. The van der Waals surface area contributed by atoms with Gasteiger partial charge in [-0.05, 0) is 50.4 Å². The summed E-state index contributed by atoms with van der Waals surface area (Å²) in [6, 6.07) is 9.41. The average Bonchev–Trinajstić information content (AvgIpc) is 2.51. The molecule has 2 aliphatic rings. The van der Waals surface area contributed by atoms with Crippen molar-refractivity contribution in [2.24, 2.45) is 0 Å². The van der Waals surface area contributed by atoms with Crippen molar-refractivity contribution in [1.29, 1.82) is 0 Å². The molecule has 1 aliphatic carbocycles. The Bertz CT molecular complexity index is 480. The van der Waals surface area contributed by atoms with Gasteiger partial charge >= 0.3 is 0 Å². The number of fused-ring (bicyclic) bond motifs is 1. The minimum atomic E-state index is -0.326. The highest BCUT2D eigenvalue weighted by Crippen LogP contribution is 2.40. The average molecular weight is 288 g/mol. The quantitative estimate of drug-likeness (QED) is 0.906. The molecule has 3 rings (SSSR count). The van der Waals surface area contributed by atoms with Crippen molar-refractivity contribution in [2.75, 3.05) is 27.2 Å². The molecule has 1 aromatic rings. The van der Waals surface area contributed by atoms with E-state index in [1.165, 1.54) is 18.4 Å². The first-order valence-corrected chi connectivity index (χ1v) is 8.25. The van der Waals surface area contributed by atoms with Crippen LogP contribution in [0, 0.1) is 0 Å². The van der Waals surface area contributed by atoms with Gasteiger partial charge in [0.1, 0.15) is 0 Å². The van der Waals surface area contributed by atoms with E-state index in [0.717, 1.165) is 25.1 Å². The molecule has 3 unspecified atom stereocenters. The lowest BCUT2D eigenvalue weighted by molar-refractivity contribution is 0.00938. The lowest BCUT2D eigenvalue weighted by Gasteiger charge is -2.44. The van der Waals surface area contributed by atoms with E-state index in [2.05, 4.69) is 55.1 Å². The van der Waals surface area contributed by atoms with Crippen molar-refractivity contribution in [2.45, 2.75) is 50.3 Å². The van der Waals surface area contributed by atoms with E-state index >= 15 is 0 Å². The van der Waals surface area contributed by atoms with E-state index in [1.54, 1.807) is 0 Å². The number of hydrogen-bond acceptors (Lipinski definition) is 3. The second-order valence-electron chi connectivity index (χ2n) is 7.01. The van der Waals surface area contributed by atoms with Crippen LogP contribution in [0.1, 0.15) is 49.3 Å². The Morgan fingerprint density at radius 3 is 2.33 bits per heavy atom. The third-order valence-corrected chi connectivity index (χ3v) is 5.50. The van der Waals surface area contributed by atoms with Gasteiger partial charge in [0.05, 0.1) is 6.10 Å². The maximum atomic E-state index is 10.8. The van der Waals surface area contributed by atoms with Crippen LogP contribution < -0.4 is 0 Å². The fraction of sp³-hybridized carbons (Fsp3) is 0.667. The third kappa shape index (κ3) is 2.87. The first kappa shape index (κ1) is 15.0. The SMILES string of the molecule is CC1CC(N2CCC(N(C)C)CC2)C(O)c2ccccc21. The zero-order valence-electron chi connectivity index (χ0n) is 13.5. The van der Waals surface area contributed by atoms with E-state index in [1.807, 2.05) is 0 Å². The molecule has 0 spiro atoms. The molecule has 1 aromatic carbocycles. The molecule has 0 amide bonds. The zero-order valence-corrected chi connectivity index (χ0v) is 13.5. The fourth-order valence-corrected chi connectivity index (χ4v) is 4.14. The van der Waals surface area contributed by atoms with Gasteiger partial charge in [-0.25, -0.2) is 0 Å². The standard InChI is InChI=1S/C18H28N2O/c1-13-12-17(18(21)16-7-5-4-6-15(13)16)20-10-8-14(9-11-20)19(2)3/h4-7,13-14,17-18,21H,8-12H2,1-3H3.